The Bertz CT molecular complexity index is 900. The van der Waals surface area contributed by atoms with Crippen molar-refractivity contribution in [1.82, 2.24) is 9.97 Å². The molecule has 3 rings (SSSR count). The van der Waals surface area contributed by atoms with Gasteiger partial charge in [-0.25, -0.2) is 9.78 Å². The number of carbonyl (C=O) groups excluding carboxylic acids is 1. The molecule has 8 heteroatoms. The van der Waals surface area contributed by atoms with Gasteiger partial charge >= 0.3 is 5.69 Å². The van der Waals surface area contributed by atoms with Gasteiger partial charge in [-0.3, -0.25) is 4.79 Å². The average molecular weight is 409 g/mol. The number of amides is 1. The van der Waals surface area contributed by atoms with Crippen LogP contribution in [0.25, 0.3) is 0 Å². The van der Waals surface area contributed by atoms with Crippen LogP contribution in [0.3, 0.4) is 0 Å². The molecule has 1 amide bonds. The van der Waals surface area contributed by atoms with E-state index >= 15 is 0 Å². The van der Waals surface area contributed by atoms with Crippen LogP contribution in [0.1, 0.15) is 43.5 Å². The summed E-state index contributed by atoms with van der Waals surface area (Å²) in [6.07, 6.45) is 4.28. The molecule has 2 aromatic rings. The fraction of sp³-hybridized carbons (Fsp3) is 0.421. The van der Waals surface area contributed by atoms with Crippen molar-refractivity contribution < 1.29 is 4.79 Å². The lowest BCUT2D eigenvalue weighted by Crippen LogP contribution is -2.28. The average Bonchev–Trinajstić information content (AvgIpc) is 2.67. The van der Waals surface area contributed by atoms with Gasteiger partial charge in [0.15, 0.2) is 0 Å². The number of rotatable bonds is 2. The predicted octanol–water partition coefficient (Wildman–Crippen LogP) is 3.69. The first-order valence-electron chi connectivity index (χ1n) is 8.93. The highest BCUT2D eigenvalue weighted by molar-refractivity contribution is 6.42. The number of halogens is 2. The molecule has 4 N–H and O–H groups in total. The molecule has 0 radical (unpaired) electrons. The van der Waals surface area contributed by atoms with E-state index in [0.717, 1.165) is 17.7 Å². The Balaban J connectivity index is 1.81. The summed E-state index contributed by atoms with van der Waals surface area (Å²) in [5.41, 5.74) is 8.21. The summed E-state index contributed by atoms with van der Waals surface area (Å²) in [5.74, 6) is -0.0526. The minimum absolute atomic E-state index is 0.100. The summed E-state index contributed by atoms with van der Waals surface area (Å²) in [5, 5.41) is 3.73. The molecule has 0 fully saturated rings. The van der Waals surface area contributed by atoms with Crippen LogP contribution in [0.4, 0.5) is 5.69 Å². The molecule has 1 aromatic heterocycles. The second kappa shape index (κ2) is 8.42. The van der Waals surface area contributed by atoms with Crippen LogP contribution in [0.2, 0.25) is 10.0 Å². The number of benzene rings is 1. The molecule has 27 heavy (non-hydrogen) atoms. The number of aromatic nitrogens is 2. The van der Waals surface area contributed by atoms with Gasteiger partial charge in [-0.05, 0) is 49.8 Å². The van der Waals surface area contributed by atoms with Gasteiger partial charge in [0.2, 0.25) is 5.91 Å². The van der Waals surface area contributed by atoms with E-state index in [2.05, 4.69) is 22.2 Å². The maximum Gasteiger partial charge on any atom is 0.345 e. The van der Waals surface area contributed by atoms with Gasteiger partial charge in [-0.15, -0.1) is 0 Å². The summed E-state index contributed by atoms with van der Waals surface area (Å²) in [6, 6.07) is 4.62. The largest absolute Gasteiger partial charge is 0.345 e. The zero-order chi connectivity index (χ0) is 19.6. The van der Waals surface area contributed by atoms with Gasteiger partial charge in [0.05, 0.1) is 10.0 Å². The summed E-state index contributed by atoms with van der Waals surface area (Å²) < 4.78 is 0. The van der Waals surface area contributed by atoms with Gasteiger partial charge in [0, 0.05) is 35.1 Å². The van der Waals surface area contributed by atoms with Crippen molar-refractivity contribution in [2.45, 2.75) is 38.6 Å². The van der Waals surface area contributed by atoms with Crippen LogP contribution >= 0.6 is 23.2 Å². The molecule has 1 aliphatic carbocycles. The third-order valence-electron chi connectivity index (χ3n) is 5.00. The molecule has 0 saturated carbocycles. The third kappa shape index (κ3) is 4.89. The zero-order valence-electron chi connectivity index (χ0n) is 15.0. The van der Waals surface area contributed by atoms with Crippen molar-refractivity contribution in [1.29, 1.82) is 0 Å². The molecule has 0 aliphatic heterocycles. The predicted molar refractivity (Wildman–Crippen MR) is 107 cm³/mol. The lowest BCUT2D eigenvalue weighted by atomic mass is 9.88. The van der Waals surface area contributed by atoms with Crippen molar-refractivity contribution in [2.24, 2.45) is 17.6 Å². The van der Waals surface area contributed by atoms with E-state index in [9.17, 15) is 9.59 Å². The van der Waals surface area contributed by atoms with Crippen LogP contribution in [0.5, 0.6) is 0 Å². The molecule has 1 heterocycles. The van der Waals surface area contributed by atoms with Crippen molar-refractivity contribution >= 4 is 34.8 Å². The van der Waals surface area contributed by atoms with Gasteiger partial charge < -0.3 is 16.0 Å². The van der Waals surface area contributed by atoms with Crippen molar-refractivity contribution in [3.8, 4) is 0 Å². The Hall–Kier alpha value is -1.89. The highest BCUT2D eigenvalue weighted by atomic mass is 35.5. The summed E-state index contributed by atoms with van der Waals surface area (Å²) >= 11 is 12.0. The van der Waals surface area contributed by atoms with Crippen molar-refractivity contribution in [3.05, 3.63) is 56.2 Å². The van der Waals surface area contributed by atoms with E-state index in [0.29, 0.717) is 40.9 Å². The minimum atomic E-state index is -0.376. The fourth-order valence-corrected chi connectivity index (χ4v) is 3.82. The zero-order valence-corrected chi connectivity index (χ0v) is 16.5. The molecule has 3 atom stereocenters. The first-order valence-corrected chi connectivity index (χ1v) is 9.68. The summed E-state index contributed by atoms with van der Waals surface area (Å²) in [7, 11) is 0. The van der Waals surface area contributed by atoms with E-state index in [4.69, 9.17) is 28.9 Å². The second-order valence-corrected chi connectivity index (χ2v) is 7.97. The van der Waals surface area contributed by atoms with Crippen LogP contribution in [0, 0.1) is 11.8 Å². The number of fused-ring (bicyclic) bond motifs is 1. The molecule has 0 bridgehead atoms. The molecule has 6 nitrogen and oxygen atoms in total. The monoisotopic (exact) mass is 408 g/mol. The van der Waals surface area contributed by atoms with Gasteiger partial charge in [0.25, 0.3) is 0 Å². The Kier molecular flexibility index (Phi) is 6.19. The highest BCUT2D eigenvalue weighted by Gasteiger charge is 2.27. The number of anilines is 1. The fourth-order valence-electron chi connectivity index (χ4n) is 3.52. The summed E-state index contributed by atoms with van der Waals surface area (Å²) in [6.45, 7) is 2.11. The normalized spacial score (nSPS) is 22.9. The third-order valence-corrected chi connectivity index (χ3v) is 5.74. The molecule has 1 unspecified atom stereocenters. The van der Waals surface area contributed by atoms with E-state index in [1.54, 1.807) is 18.2 Å². The second-order valence-electron chi connectivity index (χ2n) is 7.16. The Morgan fingerprint density at radius 1 is 1.30 bits per heavy atom. The number of hydrogen-bond acceptors (Lipinski definition) is 4. The van der Waals surface area contributed by atoms with Gasteiger partial charge in [0.1, 0.15) is 0 Å². The Labute approximate surface area is 167 Å². The number of nitrogens with two attached hydrogens (primary N) is 1. The number of nitrogens with zero attached hydrogens (tertiary/aromatic N) is 1. The maximum absolute atomic E-state index is 12.9. The Morgan fingerprint density at radius 3 is 2.81 bits per heavy atom. The van der Waals surface area contributed by atoms with Crippen LogP contribution in [-0.2, 0) is 11.2 Å². The number of hydrogen-bond donors (Lipinski definition) is 3. The van der Waals surface area contributed by atoms with Gasteiger partial charge in [-0.2, -0.15) is 0 Å². The first kappa shape index (κ1) is 19.9. The quantitative estimate of drug-likeness (QED) is 0.704. The van der Waals surface area contributed by atoms with E-state index in [-0.39, 0.29) is 23.6 Å². The lowest BCUT2D eigenvalue weighted by molar-refractivity contribution is -0.120. The smallest absolute Gasteiger partial charge is 0.326 e. The first-order chi connectivity index (χ1) is 12.8. The number of nitrogens with one attached hydrogen (secondary N) is 2. The number of aromatic amines is 1. The van der Waals surface area contributed by atoms with E-state index in [1.165, 1.54) is 6.20 Å². The van der Waals surface area contributed by atoms with E-state index in [1.807, 2.05) is 0 Å². The number of aryl methyl sites for hydroxylation is 1. The maximum atomic E-state index is 12.9. The molecular weight excluding hydrogens is 387 g/mol. The van der Waals surface area contributed by atoms with Gasteiger partial charge in [-0.1, -0.05) is 30.1 Å². The van der Waals surface area contributed by atoms with Crippen molar-refractivity contribution in [3.63, 3.8) is 0 Å². The standard InChI is InChI=1S/C19H22Cl2N4O2/c1-10-2-5-17-13(9-23-19(27)25-17)16(22)7-11(6-10)18(26)24-12-3-4-14(20)15(21)8-12/h3-4,8-11,16H,2,5-7,22H2,1H3,(H,24,26)(H,23,25,27)/t10-,11?,16-/m1/s1. The molecule has 144 valence electrons. The number of carbonyl (C=O) groups is 1. The Morgan fingerprint density at radius 2 is 2.07 bits per heavy atom. The molecule has 0 saturated heterocycles. The molecular formula is C19H22Cl2N4O2. The topological polar surface area (TPSA) is 101 Å². The van der Waals surface area contributed by atoms with Crippen molar-refractivity contribution in [2.75, 3.05) is 5.32 Å². The minimum Gasteiger partial charge on any atom is -0.326 e. The molecule has 0 spiro atoms. The van der Waals surface area contributed by atoms with Crippen LogP contribution in [-0.4, -0.2) is 15.9 Å². The molecule has 1 aliphatic rings. The lowest BCUT2D eigenvalue weighted by Gasteiger charge is -2.22. The SMILES string of the molecule is C[C@@H]1CCc2[nH]c(=O)ncc2[C@H](N)CC(C(=O)Nc2ccc(Cl)c(Cl)c2)C1. The summed E-state index contributed by atoms with van der Waals surface area (Å²) in [4.78, 5) is 31.0. The number of H-pyrrole nitrogens is 1. The highest BCUT2D eigenvalue weighted by Crippen LogP contribution is 2.31. The van der Waals surface area contributed by atoms with E-state index < -0.39 is 0 Å². The van der Waals surface area contributed by atoms with Crippen LogP contribution in [0.15, 0.2) is 29.2 Å². The molecule has 1 aromatic carbocycles. The van der Waals surface area contributed by atoms with Crippen LogP contribution < -0.4 is 16.7 Å².